The summed E-state index contributed by atoms with van der Waals surface area (Å²) < 4.78 is 11.1. The molecule has 4 N–H and O–H groups in total. The van der Waals surface area contributed by atoms with E-state index in [0.717, 1.165) is 46.4 Å². The molecule has 28 heavy (non-hydrogen) atoms. The third-order valence-electron chi connectivity index (χ3n) is 4.43. The van der Waals surface area contributed by atoms with Gasteiger partial charge in [-0.05, 0) is 60.4 Å². The van der Waals surface area contributed by atoms with Gasteiger partial charge in [0.25, 0.3) is 0 Å². The maximum Gasteiger partial charge on any atom is 0.214 e. The summed E-state index contributed by atoms with van der Waals surface area (Å²) in [4.78, 5) is 22.3. The number of nitrogen functional groups attached to an aromatic ring is 1. The number of rotatable bonds is 3. The molecule has 2 aromatic carbocycles. The van der Waals surface area contributed by atoms with Gasteiger partial charge in [0.15, 0.2) is 16.9 Å². The van der Waals surface area contributed by atoms with Gasteiger partial charge in [0, 0.05) is 12.5 Å². The molecule has 0 radical (unpaired) electrons. The number of hydrogen-bond acceptors (Lipinski definition) is 6. The second-order valence-corrected chi connectivity index (χ2v) is 7.23. The zero-order valence-electron chi connectivity index (χ0n) is 16.6. The Kier molecular flexibility index (Phi) is 7.34. The third-order valence-corrected chi connectivity index (χ3v) is 5.21. The van der Waals surface area contributed by atoms with Crippen LogP contribution in [0.3, 0.4) is 0 Å². The molecule has 0 saturated heterocycles. The monoisotopic (exact) mass is 402 g/mol. The van der Waals surface area contributed by atoms with Crippen LogP contribution in [0.25, 0.3) is 11.1 Å². The van der Waals surface area contributed by atoms with Gasteiger partial charge in [-0.15, -0.1) is 11.8 Å². The molecule has 0 atom stereocenters. The fraction of sp³-hybridized carbons (Fsp3) is 0.333. The summed E-state index contributed by atoms with van der Waals surface area (Å²) in [6, 6.07) is 7.64. The van der Waals surface area contributed by atoms with Gasteiger partial charge in [-0.1, -0.05) is 6.07 Å². The second-order valence-electron chi connectivity index (χ2n) is 6.38. The SMILES string of the molecule is CC(N)=O.COc1c(N)cc2c(c1OC)-c1ccc(SC)c(=O)cc1CCC2. The quantitative estimate of drug-likeness (QED) is 0.604. The molecular weight excluding hydrogens is 376 g/mol. The van der Waals surface area contributed by atoms with Crippen molar-refractivity contribution in [2.75, 3.05) is 26.2 Å². The summed E-state index contributed by atoms with van der Waals surface area (Å²) in [6.45, 7) is 1.31. The number of aryl methyl sites for hydroxylation is 2. The number of anilines is 1. The van der Waals surface area contributed by atoms with Gasteiger partial charge < -0.3 is 20.9 Å². The van der Waals surface area contributed by atoms with E-state index in [4.69, 9.17) is 15.2 Å². The van der Waals surface area contributed by atoms with E-state index in [2.05, 4.69) is 5.73 Å². The van der Waals surface area contributed by atoms with E-state index >= 15 is 0 Å². The smallest absolute Gasteiger partial charge is 0.214 e. The van der Waals surface area contributed by atoms with Gasteiger partial charge in [0.2, 0.25) is 5.91 Å². The molecule has 0 heterocycles. The Morgan fingerprint density at radius 2 is 1.68 bits per heavy atom. The molecule has 2 aromatic rings. The number of ether oxygens (including phenoxy) is 2. The fourth-order valence-electron chi connectivity index (χ4n) is 3.36. The van der Waals surface area contributed by atoms with E-state index in [1.165, 1.54) is 18.7 Å². The van der Waals surface area contributed by atoms with Crippen LogP contribution in [0, 0.1) is 0 Å². The maximum absolute atomic E-state index is 12.4. The van der Waals surface area contributed by atoms with Crippen molar-refractivity contribution in [1.29, 1.82) is 0 Å². The topological polar surface area (TPSA) is 105 Å². The summed E-state index contributed by atoms with van der Waals surface area (Å²) >= 11 is 1.47. The highest BCUT2D eigenvalue weighted by atomic mass is 32.2. The van der Waals surface area contributed by atoms with Crippen LogP contribution in [0.1, 0.15) is 24.5 Å². The molecule has 1 aliphatic rings. The summed E-state index contributed by atoms with van der Waals surface area (Å²) in [5, 5.41) is 0. The summed E-state index contributed by atoms with van der Waals surface area (Å²) in [5.41, 5.74) is 15.4. The van der Waals surface area contributed by atoms with Crippen LogP contribution in [0.5, 0.6) is 11.5 Å². The zero-order valence-corrected chi connectivity index (χ0v) is 17.4. The average molecular weight is 403 g/mol. The van der Waals surface area contributed by atoms with Crippen LogP contribution in [-0.4, -0.2) is 26.4 Å². The predicted molar refractivity (Wildman–Crippen MR) is 114 cm³/mol. The number of amides is 1. The van der Waals surface area contributed by atoms with Crippen molar-refractivity contribution in [3.05, 3.63) is 45.6 Å². The van der Waals surface area contributed by atoms with E-state index in [9.17, 15) is 9.59 Å². The Labute approximate surface area is 169 Å². The number of carbonyl (C=O) groups is 1. The lowest BCUT2D eigenvalue weighted by Crippen LogP contribution is -2.01. The van der Waals surface area contributed by atoms with E-state index in [1.807, 2.05) is 24.5 Å². The molecule has 6 nitrogen and oxygen atoms in total. The number of thioether (sulfide) groups is 1. The highest BCUT2D eigenvalue weighted by Gasteiger charge is 2.23. The third kappa shape index (κ3) is 4.59. The standard InChI is InChI=1S/C19H21NO3S.C2H5NO/c1-22-18-14(20)9-12-6-4-5-11-10-15(21)16(24-3)8-7-13(11)17(12)19(18)23-2;1-2(3)4/h7-10H,4-6,20H2,1-3H3;1H3,(H2,3,4). The lowest BCUT2D eigenvalue weighted by molar-refractivity contribution is -0.115. The Morgan fingerprint density at radius 3 is 2.25 bits per heavy atom. The fourth-order valence-corrected chi connectivity index (χ4v) is 3.82. The van der Waals surface area contributed by atoms with Crippen LogP contribution in [0.4, 0.5) is 5.69 Å². The molecule has 1 amide bonds. The first-order valence-electron chi connectivity index (χ1n) is 8.85. The van der Waals surface area contributed by atoms with Crippen molar-refractivity contribution in [2.24, 2.45) is 5.73 Å². The van der Waals surface area contributed by atoms with Gasteiger partial charge in [-0.25, -0.2) is 0 Å². The highest BCUT2D eigenvalue weighted by molar-refractivity contribution is 7.98. The van der Waals surface area contributed by atoms with Crippen LogP contribution in [-0.2, 0) is 17.6 Å². The lowest BCUT2D eigenvalue weighted by Gasteiger charge is -2.18. The van der Waals surface area contributed by atoms with Gasteiger partial charge in [0.05, 0.1) is 24.8 Å². The molecular formula is C21H26N2O4S. The molecule has 0 bridgehead atoms. The Balaban J connectivity index is 0.000000640. The molecule has 0 spiro atoms. The molecule has 7 heteroatoms. The molecule has 0 saturated carbocycles. The first-order valence-corrected chi connectivity index (χ1v) is 10.1. The van der Waals surface area contributed by atoms with Crippen molar-refractivity contribution in [2.45, 2.75) is 31.1 Å². The molecule has 1 aliphatic carbocycles. The van der Waals surface area contributed by atoms with Crippen LogP contribution < -0.4 is 26.4 Å². The number of hydrogen-bond donors (Lipinski definition) is 2. The molecule has 0 fully saturated rings. The summed E-state index contributed by atoms with van der Waals surface area (Å²) in [5.74, 6) is 0.850. The molecule has 3 rings (SSSR count). The molecule has 0 aromatic heterocycles. The van der Waals surface area contributed by atoms with Gasteiger partial charge in [-0.2, -0.15) is 0 Å². The van der Waals surface area contributed by atoms with E-state index in [0.29, 0.717) is 17.2 Å². The molecule has 0 aliphatic heterocycles. The molecule has 150 valence electrons. The van der Waals surface area contributed by atoms with Gasteiger partial charge in [-0.3, -0.25) is 9.59 Å². The van der Waals surface area contributed by atoms with Crippen molar-refractivity contribution < 1.29 is 14.3 Å². The summed E-state index contributed by atoms with van der Waals surface area (Å²) in [7, 11) is 3.21. The first-order chi connectivity index (χ1) is 13.3. The number of primary amides is 1. The number of benzene rings is 1. The predicted octanol–water partition coefficient (Wildman–Crippen LogP) is 3.02. The van der Waals surface area contributed by atoms with Crippen LogP contribution in [0.15, 0.2) is 34.0 Å². The zero-order chi connectivity index (χ0) is 20.8. The normalized spacial score (nSPS) is 11.9. The minimum Gasteiger partial charge on any atom is -0.492 e. The van der Waals surface area contributed by atoms with Gasteiger partial charge >= 0.3 is 0 Å². The first kappa shape index (κ1) is 21.6. The van der Waals surface area contributed by atoms with Crippen molar-refractivity contribution in [1.82, 2.24) is 0 Å². The van der Waals surface area contributed by atoms with E-state index in [1.54, 1.807) is 20.3 Å². The number of methoxy groups -OCH3 is 2. The summed E-state index contributed by atoms with van der Waals surface area (Å²) in [6.07, 6.45) is 4.63. The van der Waals surface area contributed by atoms with Gasteiger partial charge in [0.1, 0.15) is 0 Å². The maximum atomic E-state index is 12.4. The van der Waals surface area contributed by atoms with Crippen LogP contribution in [0.2, 0.25) is 0 Å². The highest BCUT2D eigenvalue weighted by Crippen LogP contribution is 2.47. The van der Waals surface area contributed by atoms with Crippen molar-refractivity contribution in [3.63, 3.8) is 0 Å². The Hall–Kier alpha value is -2.67. The minimum absolute atomic E-state index is 0.0635. The largest absolute Gasteiger partial charge is 0.492 e. The van der Waals surface area contributed by atoms with Crippen molar-refractivity contribution in [3.8, 4) is 22.6 Å². The van der Waals surface area contributed by atoms with E-state index in [-0.39, 0.29) is 11.3 Å². The van der Waals surface area contributed by atoms with E-state index < -0.39 is 0 Å². The lowest BCUT2D eigenvalue weighted by atomic mass is 9.96. The van der Waals surface area contributed by atoms with Crippen molar-refractivity contribution >= 4 is 23.4 Å². The Bertz CT molecular complexity index is 941. The number of carbonyl (C=O) groups excluding carboxylic acids is 1. The average Bonchev–Trinajstić information content (AvgIpc) is 2.89. The number of fused-ring (bicyclic) bond motifs is 3. The molecule has 0 unspecified atom stereocenters. The Morgan fingerprint density at radius 1 is 1.07 bits per heavy atom. The number of nitrogens with two attached hydrogens (primary N) is 2. The minimum atomic E-state index is -0.333. The van der Waals surface area contributed by atoms with Crippen LogP contribution >= 0.6 is 11.8 Å². The second kappa shape index (κ2) is 9.50.